The summed E-state index contributed by atoms with van der Waals surface area (Å²) in [5, 5.41) is 19.9. The van der Waals surface area contributed by atoms with E-state index < -0.39 is 5.97 Å². The summed E-state index contributed by atoms with van der Waals surface area (Å²) in [5.74, 6) is -0.349. The molecule has 3 atom stereocenters. The summed E-state index contributed by atoms with van der Waals surface area (Å²) in [6.07, 6.45) is 3.58. The van der Waals surface area contributed by atoms with Crippen LogP contribution in [-0.4, -0.2) is 17.2 Å². The first-order chi connectivity index (χ1) is 9.29. The summed E-state index contributed by atoms with van der Waals surface area (Å²) in [7, 11) is 0. The largest absolute Gasteiger partial charge is 1.00 e. The number of benzene rings is 1. The van der Waals surface area contributed by atoms with Gasteiger partial charge in [0.15, 0.2) is 0 Å². The number of carboxylic acid groups (broad SMARTS) is 1. The van der Waals surface area contributed by atoms with E-state index in [4.69, 9.17) is 0 Å². The van der Waals surface area contributed by atoms with Crippen molar-refractivity contribution in [1.29, 1.82) is 0 Å². The van der Waals surface area contributed by atoms with E-state index >= 15 is 0 Å². The molecule has 0 aliphatic heterocycles. The summed E-state index contributed by atoms with van der Waals surface area (Å²) in [6.45, 7) is 6.90. The molecule has 0 aromatic heterocycles. The van der Waals surface area contributed by atoms with Crippen molar-refractivity contribution in [3.05, 3.63) is 35.9 Å². The zero-order chi connectivity index (χ0) is 15.0. The zero-order valence-corrected chi connectivity index (χ0v) is 15.4. The third kappa shape index (κ3) is 3.37. The van der Waals surface area contributed by atoms with Crippen molar-refractivity contribution in [3.8, 4) is 0 Å². The topological polar surface area (TPSA) is 60.4 Å². The molecule has 2 aliphatic rings. The van der Waals surface area contributed by atoms with Crippen LogP contribution >= 0.6 is 0 Å². The Morgan fingerprint density at radius 3 is 2.05 bits per heavy atom. The van der Waals surface area contributed by atoms with E-state index in [1.807, 2.05) is 0 Å². The van der Waals surface area contributed by atoms with Crippen LogP contribution in [0.15, 0.2) is 30.3 Å². The van der Waals surface area contributed by atoms with Gasteiger partial charge in [0.2, 0.25) is 0 Å². The minimum absolute atomic E-state index is 0. The SMILES string of the molecule is CC1(C)[C@@H]2CC[C@]1(C)[C@@H](O)C2.O=C([O-])c1ccccc1.[Na+]. The quantitative estimate of drug-likeness (QED) is 0.694. The van der Waals surface area contributed by atoms with E-state index in [1.165, 1.54) is 25.0 Å². The van der Waals surface area contributed by atoms with E-state index in [0.29, 0.717) is 5.41 Å². The second-order valence-electron chi connectivity index (χ2n) is 6.78. The van der Waals surface area contributed by atoms with Gasteiger partial charge >= 0.3 is 29.6 Å². The van der Waals surface area contributed by atoms with Crippen LogP contribution in [0.25, 0.3) is 0 Å². The van der Waals surface area contributed by atoms with Crippen LogP contribution in [0, 0.1) is 16.7 Å². The molecule has 3 nitrogen and oxygen atoms in total. The van der Waals surface area contributed by atoms with Gasteiger partial charge in [-0.2, -0.15) is 0 Å². The fourth-order valence-electron chi connectivity index (χ4n) is 3.74. The van der Waals surface area contributed by atoms with Gasteiger partial charge in [-0.15, -0.1) is 0 Å². The molecule has 0 saturated heterocycles. The smallest absolute Gasteiger partial charge is 0.545 e. The Morgan fingerprint density at radius 2 is 1.81 bits per heavy atom. The predicted octanol–water partition coefficient (Wildman–Crippen LogP) is -0.752. The second-order valence-corrected chi connectivity index (χ2v) is 6.78. The Morgan fingerprint density at radius 1 is 1.24 bits per heavy atom. The Kier molecular flexibility index (Phi) is 6.08. The molecule has 1 N–H and O–H groups in total. The molecule has 0 unspecified atom stereocenters. The van der Waals surface area contributed by atoms with Gasteiger partial charge in [0, 0.05) is 0 Å². The van der Waals surface area contributed by atoms with Gasteiger partial charge in [-0.05, 0) is 41.6 Å². The van der Waals surface area contributed by atoms with Gasteiger partial charge in [-0.3, -0.25) is 0 Å². The van der Waals surface area contributed by atoms with Gasteiger partial charge in [0.1, 0.15) is 0 Å². The van der Waals surface area contributed by atoms with Crippen molar-refractivity contribution in [2.24, 2.45) is 16.7 Å². The number of rotatable bonds is 1. The van der Waals surface area contributed by atoms with E-state index in [2.05, 4.69) is 20.8 Å². The molecular formula is C17H23NaO3. The van der Waals surface area contributed by atoms with Crippen LogP contribution in [0.3, 0.4) is 0 Å². The monoisotopic (exact) mass is 298 g/mol. The molecule has 4 heteroatoms. The van der Waals surface area contributed by atoms with Gasteiger partial charge < -0.3 is 15.0 Å². The second kappa shape index (κ2) is 6.82. The molecule has 1 aromatic carbocycles. The predicted molar refractivity (Wildman–Crippen MR) is 76.0 cm³/mol. The Bertz CT molecular complexity index is 486. The minimum Gasteiger partial charge on any atom is -0.545 e. The molecule has 2 saturated carbocycles. The van der Waals surface area contributed by atoms with E-state index in [9.17, 15) is 15.0 Å². The summed E-state index contributed by atoms with van der Waals surface area (Å²) in [6, 6.07) is 8.06. The molecule has 21 heavy (non-hydrogen) atoms. The number of carbonyl (C=O) groups excluding carboxylic acids is 1. The summed E-state index contributed by atoms with van der Waals surface area (Å²) in [5.41, 5.74) is 0.821. The third-order valence-electron chi connectivity index (χ3n) is 5.76. The number of aliphatic hydroxyl groups is 1. The molecule has 0 spiro atoms. The van der Waals surface area contributed by atoms with Crippen molar-refractivity contribution < 1.29 is 44.6 Å². The van der Waals surface area contributed by atoms with Gasteiger partial charge in [-0.1, -0.05) is 51.1 Å². The minimum atomic E-state index is -1.13. The molecule has 0 radical (unpaired) electrons. The summed E-state index contributed by atoms with van der Waals surface area (Å²) < 4.78 is 0. The van der Waals surface area contributed by atoms with Crippen molar-refractivity contribution in [3.63, 3.8) is 0 Å². The standard InChI is InChI=1S/C10H18O.C7H6O2.Na/c1-9(2)7-4-5-10(9,3)8(11)6-7;8-7(9)6-4-2-1-3-5-6;/h7-8,11H,4-6H2,1-3H3;1-5H,(H,8,9);/q;;+1/p-1/t7-,8+,10-;;/m1../s1. The number of fused-ring (bicyclic) bond motifs is 2. The summed E-state index contributed by atoms with van der Waals surface area (Å²) >= 11 is 0. The normalized spacial score (nSPS) is 31.8. The van der Waals surface area contributed by atoms with Gasteiger partial charge in [0.05, 0.1) is 12.1 Å². The van der Waals surface area contributed by atoms with Crippen molar-refractivity contribution in [2.75, 3.05) is 0 Å². The van der Waals surface area contributed by atoms with Gasteiger partial charge in [0.25, 0.3) is 0 Å². The molecule has 2 bridgehead atoms. The van der Waals surface area contributed by atoms with Crippen LogP contribution in [0.5, 0.6) is 0 Å². The maximum Gasteiger partial charge on any atom is 1.00 e. The number of aliphatic hydroxyl groups excluding tert-OH is 1. The first-order valence-corrected chi connectivity index (χ1v) is 7.23. The molecule has 2 aliphatic carbocycles. The average molecular weight is 298 g/mol. The third-order valence-corrected chi connectivity index (χ3v) is 5.76. The maximum absolute atomic E-state index is 10.1. The van der Waals surface area contributed by atoms with Crippen molar-refractivity contribution >= 4 is 5.97 Å². The Labute approximate surface area is 149 Å². The molecule has 110 valence electrons. The van der Waals surface area contributed by atoms with E-state index in [0.717, 1.165) is 12.3 Å². The fourth-order valence-corrected chi connectivity index (χ4v) is 3.74. The molecule has 0 heterocycles. The number of hydrogen-bond acceptors (Lipinski definition) is 3. The van der Waals surface area contributed by atoms with Crippen LogP contribution < -0.4 is 34.7 Å². The first kappa shape index (κ1) is 18.7. The van der Waals surface area contributed by atoms with Crippen LogP contribution in [-0.2, 0) is 0 Å². The van der Waals surface area contributed by atoms with Gasteiger partial charge in [-0.25, -0.2) is 0 Å². The molecule has 0 amide bonds. The fraction of sp³-hybridized carbons (Fsp3) is 0.588. The van der Waals surface area contributed by atoms with E-state index in [1.54, 1.807) is 18.2 Å². The molecule has 3 rings (SSSR count). The maximum atomic E-state index is 10.1. The number of aromatic carboxylic acids is 1. The first-order valence-electron chi connectivity index (χ1n) is 7.23. The number of carboxylic acids is 1. The summed E-state index contributed by atoms with van der Waals surface area (Å²) in [4.78, 5) is 10.1. The van der Waals surface area contributed by atoms with Crippen LogP contribution in [0.2, 0.25) is 0 Å². The Hall–Kier alpha value is -0.350. The number of carbonyl (C=O) groups is 1. The molecular weight excluding hydrogens is 275 g/mol. The van der Waals surface area contributed by atoms with Crippen molar-refractivity contribution in [2.45, 2.75) is 46.1 Å². The average Bonchev–Trinajstić information content (AvgIpc) is 2.73. The molecule has 1 aromatic rings. The van der Waals surface area contributed by atoms with E-state index in [-0.39, 0.29) is 46.6 Å². The zero-order valence-electron chi connectivity index (χ0n) is 13.4. The Balaban J connectivity index is 0.000000205. The van der Waals surface area contributed by atoms with Crippen molar-refractivity contribution in [1.82, 2.24) is 0 Å². The van der Waals surface area contributed by atoms with Crippen LogP contribution in [0.1, 0.15) is 50.4 Å². The van der Waals surface area contributed by atoms with Crippen LogP contribution in [0.4, 0.5) is 0 Å². The number of hydrogen-bond donors (Lipinski definition) is 1. The molecule has 2 fully saturated rings.